The number of hydrogen-bond acceptors (Lipinski definition) is 4. The maximum atomic E-state index is 12.7. The van der Waals surface area contributed by atoms with E-state index in [0.717, 1.165) is 0 Å². The monoisotopic (exact) mass is 396 g/mol. The van der Waals surface area contributed by atoms with E-state index in [0.29, 0.717) is 0 Å². The third-order valence-corrected chi connectivity index (χ3v) is 6.48. The van der Waals surface area contributed by atoms with Crippen molar-refractivity contribution in [1.29, 1.82) is 0 Å². The van der Waals surface area contributed by atoms with E-state index in [1.165, 1.54) is 44.2 Å². The van der Waals surface area contributed by atoms with Crippen LogP contribution in [0, 0.1) is 0 Å². The van der Waals surface area contributed by atoms with Crippen molar-refractivity contribution in [3.63, 3.8) is 0 Å². The van der Waals surface area contributed by atoms with Gasteiger partial charge >= 0.3 is 140 Å². The van der Waals surface area contributed by atoms with Crippen LogP contribution in [0.5, 0.6) is 0 Å². The van der Waals surface area contributed by atoms with Crippen molar-refractivity contribution >= 4 is 12.8 Å². The first-order valence-electron chi connectivity index (χ1n) is 7.27. The van der Waals surface area contributed by atoms with Gasteiger partial charge in [-0.05, 0) is 0 Å². The van der Waals surface area contributed by atoms with Crippen molar-refractivity contribution in [2.45, 2.75) is 26.2 Å². The molecule has 0 aliphatic carbocycles. The summed E-state index contributed by atoms with van der Waals surface area (Å²) < 4.78 is 96.8. The van der Waals surface area contributed by atoms with Gasteiger partial charge in [-0.3, -0.25) is 0 Å². The van der Waals surface area contributed by atoms with Crippen molar-refractivity contribution in [3.8, 4) is 0 Å². The van der Waals surface area contributed by atoms with Gasteiger partial charge in [0, 0.05) is 0 Å². The van der Waals surface area contributed by atoms with Gasteiger partial charge in [0.2, 0.25) is 0 Å². The molecule has 0 bridgehead atoms. The molecule has 4 nitrogen and oxygen atoms in total. The minimum absolute atomic E-state index is 0.161. The van der Waals surface area contributed by atoms with E-state index in [4.69, 9.17) is 18.1 Å². The van der Waals surface area contributed by atoms with Gasteiger partial charge in [-0.2, -0.15) is 0 Å². The van der Waals surface area contributed by atoms with Crippen LogP contribution in [-0.4, -0.2) is 38.8 Å². The number of halogens is 6. The topological polar surface area (TPSA) is 36.9 Å². The fraction of sp³-hybridized carbons (Fsp3) is 0.571. The summed E-state index contributed by atoms with van der Waals surface area (Å²) in [5, 5.41) is -0.161. The molecule has 0 fully saturated rings. The normalized spacial score (nSPS) is 15.0. The molecule has 0 spiro atoms. The Kier molecular flexibility index (Phi) is 7.23. The van der Waals surface area contributed by atoms with E-state index in [9.17, 15) is 26.3 Å². The van der Waals surface area contributed by atoms with E-state index >= 15 is 0 Å². The van der Waals surface area contributed by atoms with E-state index in [1.807, 2.05) is 0 Å². The van der Waals surface area contributed by atoms with Gasteiger partial charge < -0.3 is 0 Å². The van der Waals surface area contributed by atoms with Crippen LogP contribution in [-0.2, 0) is 18.1 Å². The van der Waals surface area contributed by atoms with Crippen LogP contribution in [0.4, 0.5) is 26.3 Å². The molecule has 0 aliphatic heterocycles. The molecule has 0 N–H and O–H groups in total. The number of hydrogen-bond donors (Lipinski definition) is 0. The molecular weight excluding hydrogens is 377 g/mol. The molecule has 0 aromatic heterocycles. The van der Waals surface area contributed by atoms with E-state index < -0.39 is 33.1 Å². The third kappa shape index (κ3) is 6.07. The second-order valence-electron chi connectivity index (χ2n) is 4.76. The molecule has 0 aliphatic rings. The summed E-state index contributed by atoms with van der Waals surface area (Å²) in [6.45, 7) is -1.59. The van der Waals surface area contributed by atoms with Crippen LogP contribution in [0.1, 0.15) is 13.8 Å². The predicted octanol–water partition coefficient (Wildman–Crippen LogP) is 4.76. The van der Waals surface area contributed by atoms with E-state index in [1.54, 1.807) is 0 Å². The third-order valence-electron chi connectivity index (χ3n) is 2.78. The predicted molar refractivity (Wildman–Crippen MR) is 80.3 cm³/mol. The Labute approximate surface area is 141 Å². The van der Waals surface area contributed by atoms with Crippen LogP contribution < -0.4 is 5.30 Å². The Balaban J connectivity index is 3.48. The first kappa shape index (κ1) is 22.1. The molecule has 0 atom stereocenters. The van der Waals surface area contributed by atoms with E-state index in [-0.39, 0.29) is 18.5 Å². The molecule has 146 valence electrons. The minimum atomic E-state index is -5.38. The second kappa shape index (κ2) is 8.18. The summed E-state index contributed by atoms with van der Waals surface area (Å²) in [5.74, 6) is 0. The molecule has 1 rings (SSSR count). The Hall–Kier alpha value is -0.930. The van der Waals surface area contributed by atoms with Gasteiger partial charge in [0.1, 0.15) is 0 Å². The molecule has 0 saturated carbocycles. The first-order chi connectivity index (χ1) is 11.5. The molecule has 0 heterocycles. The average molecular weight is 396 g/mol. The zero-order chi connectivity index (χ0) is 19.2. The number of benzene rings is 1. The van der Waals surface area contributed by atoms with Crippen LogP contribution in [0.25, 0.3) is 0 Å². The fourth-order valence-electron chi connectivity index (χ4n) is 2.01. The Bertz CT molecular complexity index is 506. The number of alkyl halides is 6. The second-order valence-corrected chi connectivity index (χ2v) is 7.93. The van der Waals surface area contributed by atoms with Gasteiger partial charge in [0.05, 0.1) is 0 Å². The number of rotatable bonds is 9. The molecule has 0 radical (unpaired) electrons. The van der Waals surface area contributed by atoms with Crippen LogP contribution in [0.15, 0.2) is 30.3 Å². The quantitative estimate of drug-likeness (QED) is 0.446. The summed E-state index contributed by atoms with van der Waals surface area (Å²) >= 11 is 0. The summed E-state index contributed by atoms with van der Waals surface area (Å²) in [6, 6.07) is 6.83. The summed E-state index contributed by atoms with van der Waals surface area (Å²) in [5.41, 5.74) is 0. The molecule has 0 unspecified atom stereocenters. The summed E-state index contributed by atoms with van der Waals surface area (Å²) in [6.07, 6.45) is -9.65. The molecular formula is C14H19F6O4P. The van der Waals surface area contributed by atoms with Crippen molar-refractivity contribution in [1.82, 2.24) is 0 Å². The average Bonchev–Trinajstić information content (AvgIpc) is 2.51. The maximum absolute atomic E-state index is 12.7. The van der Waals surface area contributed by atoms with Crippen molar-refractivity contribution in [3.05, 3.63) is 30.3 Å². The Morgan fingerprint density at radius 3 is 1.44 bits per heavy atom. The van der Waals surface area contributed by atoms with Crippen molar-refractivity contribution in [2.75, 3.05) is 26.4 Å². The van der Waals surface area contributed by atoms with Gasteiger partial charge in [0.15, 0.2) is 0 Å². The molecule has 0 amide bonds. The van der Waals surface area contributed by atoms with Gasteiger partial charge in [-0.25, -0.2) is 0 Å². The van der Waals surface area contributed by atoms with Crippen molar-refractivity contribution < 1.29 is 44.4 Å². The first-order valence-corrected chi connectivity index (χ1v) is 9.18. The summed E-state index contributed by atoms with van der Waals surface area (Å²) in [7, 11) is -5.38. The Morgan fingerprint density at radius 2 is 1.12 bits per heavy atom. The SMILES string of the molecule is CCOP(OCC)(OCC(F)(F)F)(OCC(F)(F)F)c1ccccc1. The van der Waals surface area contributed by atoms with Crippen LogP contribution in [0.2, 0.25) is 0 Å². The van der Waals surface area contributed by atoms with E-state index in [2.05, 4.69) is 0 Å². The van der Waals surface area contributed by atoms with Crippen LogP contribution >= 0.6 is 7.51 Å². The zero-order valence-electron chi connectivity index (χ0n) is 13.6. The van der Waals surface area contributed by atoms with Gasteiger partial charge in [0.25, 0.3) is 0 Å². The molecule has 25 heavy (non-hydrogen) atoms. The fourth-order valence-corrected chi connectivity index (χ4v) is 5.34. The molecule has 1 aromatic rings. The summed E-state index contributed by atoms with van der Waals surface area (Å²) in [4.78, 5) is 0. The zero-order valence-corrected chi connectivity index (χ0v) is 14.5. The molecule has 0 saturated heterocycles. The Morgan fingerprint density at radius 1 is 0.720 bits per heavy atom. The standard InChI is InChI=1S/C14H19F6O4P/c1-3-21-25(22-4-2,23-10-13(15,16)17,24-11-14(18,19)20)12-8-6-5-7-9-12/h5-9H,3-4,10-11H2,1-2H3. The molecule has 11 heteroatoms. The van der Waals surface area contributed by atoms with Crippen molar-refractivity contribution in [2.24, 2.45) is 0 Å². The van der Waals surface area contributed by atoms with Gasteiger partial charge in [-0.15, -0.1) is 0 Å². The van der Waals surface area contributed by atoms with Gasteiger partial charge in [-0.1, -0.05) is 0 Å². The van der Waals surface area contributed by atoms with Crippen LogP contribution in [0.3, 0.4) is 0 Å². The molecule has 1 aromatic carbocycles.